The molecule has 13 heavy (non-hydrogen) atoms. The first-order valence-corrected chi connectivity index (χ1v) is 4.11. The van der Waals surface area contributed by atoms with E-state index >= 15 is 0 Å². The topological polar surface area (TPSA) is 29.5 Å². The minimum absolute atomic E-state index is 0.432. The lowest BCUT2D eigenvalue weighted by Gasteiger charge is -2.42. The van der Waals surface area contributed by atoms with E-state index in [4.69, 9.17) is 8.85 Å². The SMILES string of the molecule is [2H]C([2H])([2H])C1(F)CN(C(=O)OC(C)(C)C)C1. The average Bonchev–Trinajstić information content (AvgIpc) is 1.92. The third-order valence-electron chi connectivity index (χ3n) is 1.53. The van der Waals surface area contributed by atoms with Crippen molar-refractivity contribution in [2.75, 3.05) is 13.1 Å². The van der Waals surface area contributed by atoms with E-state index in [2.05, 4.69) is 0 Å². The molecule has 0 aromatic carbocycles. The first-order valence-electron chi connectivity index (χ1n) is 5.61. The van der Waals surface area contributed by atoms with Crippen molar-refractivity contribution in [2.24, 2.45) is 0 Å². The van der Waals surface area contributed by atoms with E-state index in [-0.39, 0.29) is 0 Å². The number of hydrogen-bond acceptors (Lipinski definition) is 2. The molecular weight excluding hydrogens is 173 g/mol. The van der Waals surface area contributed by atoms with Gasteiger partial charge in [-0.05, 0) is 27.6 Å². The molecule has 1 aliphatic heterocycles. The first-order chi connectivity index (χ1) is 6.95. The Morgan fingerprint density at radius 3 is 2.54 bits per heavy atom. The zero-order valence-corrected chi connectivity index (χ0v) is 8.06. The Hall–Kier alpha value is -0.800. The van der Waals surface area contributed by atoms with Crippen LogP contribution >= 0.6 is 0 Å². The smallest absolute Gasteiger partial charge is 0.410 e. The zero-order valence-electron chi connectivity index (χ0n) is 11.1. The quantitative estimate of drug-likeness (QED) is 0.587. The molecule has 0 unspecified atom stereocenters. The third kappa shape index (κ3) is 2.86. The monoisotopic (exact) mass is 192 g/mol. The van der Waals surface area contributed by atoms with Crippen molar-refractivity contribution in [2.45, 2.75) is 38.9 Å². The molecule has 76 valence electrons. The molecule has 0 bridgehead atoms. The van der Waals surface area contributed by atoms with Gasteiger partial charge in [0.2, 0.25) is 0 Å². The van der Waals surface area contributed by atoms with Gasteiger partial charge >= 0.3 is 6.09 Å². The zero-order chi connectivity index (χ0) is 12.8. The molecule has 0 aliphatic carbocycles. The van der Waals surface area contributed by atoms with Gasteiger partial charge in [0.15, 0.2) is 0 Å². The van der Waals surface area contributed by atoms with Crippen molar-refractivity contribution < 1.29 is 18.0 Å². The van der Waals surface area contributed by atoms with E-state index in [1.807, 2.05) is 0 Å². The van der Waals surface area contributed by atoms with Crippen LogP contribution in [-0.2, 0) is 4.74 Å². The van der Waals surface area contributed by atoms with E-state index < -0.39 is 37.3 Å². The van der Waals surface area contributed by atoms with Crippen LogP contribution in [0.4, 0.5) is 9.18 Å². The van der Waals surface area contributed by atoms with Gasteiger partial charge in [-0.3, -0.25) is 0 Å². The minimum Gasteiger partial charge on any atom is -0.444 e. The Labute approximate surface area is 82.1 Å². The maximum absolute atomic E-state index is 13.6. The molecule has 0 spiro atoms. The summed E-state index contributed by atoms with van der Waals surface area (Å²) in [7, 11) is 0. The molecule has 0 radical (unpaired) electrons. The lowest BCUT2D eigenvalue weighted by Crippen LogP contribution is -2.60. The number of hydrogen-bond donors (Lipinski definition) is 0. The molecule has 1 fully saturated rings. The average molecular weight is 192 g/mol. The van der Waals surface area contributed by atoms with Crippen LogP contribution in [0.25, 0.3) is 0 Å². The Morgan fingerprint density at radius 1 is 1.62 bits per heavy atom. The summed E-state index contributed by atoms with van der Waals surface area (Å²) in [5, 5.41) is 0. The van der Waals surface area contributed by atoms with Crippen LogP contribution in [0.15, 0.2) is 0 Å². The number of halogens is 1. The Kier molecular flexibility index (Phi) is 1.46. The molecule has 1 heterocycles. The van der Waals surface area contributed by atoms with Gasteiger partial charge in [0.05, 0.1) is 13.1 Å². The number of likely N-dealkylation sites (tertiary alicyclic amines) is 1. The predicted molar refractivity (Wildman–Crippen MR) is 47.3 cm³/mol. The Balaban J connectivity index is 2.51. The fraction of sp³-hybridized carbons (Fsp3) is 0.889. The first kappa shape index (κ1) is 6.62. The highest BCUT2D eigenvalue weighted by Crippen LogP contribution is 2.25. The van der Waals surface area contributed by atoms with E-state index in [1.54, 1.807) is 20.8 Å². The van der Waals surface area contributed by atoms with Gasteiger partial charge in [0.25, 0.3) is 0 Å². The van der Waals surface area contributed by atoms with Crippen molar-refractivity contribution in [1.82, 2.24) is 4.90 Å². The van der Waals surface area contributed by atoms with Gasteiger partial charge in [0.1, 0.15) is 11.3 Å². The number of ether oxygens (including phenoxy) is 1. The summed E-state index contributed by atoms with van der Waals surface area (Å²) in [5.41, 5.74) is -2.95. The second-order valence-electron chi connectivity index (χ2n) is 4.30. The molecule has 1 amide bonds. The van der Waals surface area contributed by atoms with E-state index in [0.717, 1.165) is 4.90 Å². The molecule has 4 heteroatoms. The van der Waals surface area contributed by atoms with Crippen LogP contribution < -0.4 is 0 Å². The maximum atomic E-state index is 13.6. The number of carbonyl (C=O) groups excluding carboxylic acids is 1. The highest BCUT2D eigenvalue weighted by Gasteiger charge is 2.43. The third-order valence-corrected chi connectivity index (χ3v) is 1.53. The van der Waals surface area contributed by atoms with Crippen LogP contribution in [0, 0.1) is 0 Å². The molecule has 0 saturated carbocycles. The molecule has 1 saturated heterocycles. The Bertz CT molecular complexity index is 292. The molecule has 1 rings (SSSR count). The highest BCUT2D eigenvalue weighted by atomic mass is 19.1. The molecule has 0 atom stereocenters. The summed E-state index contributed by atoms with van der Waals surface area (Å²) in [6.45, 7) is 1.52. The molecule has 0 aromatic heterocycles. The summed E-state index contributed by atoms with van der Waals surface area (Å²) < 4.78 is 39.6. The van der Waals surface area contributed by atoms with Crippen LogP contribution in [0.1, 0.15) is 31.7 Å². The number of carbonyl (C=O) groups is 1. The molecule has 0 aromatic rings. The van der Waals surface area contributed by atoms with Crippen molar-refractivity contribution in [1.29, 1.82) is 0 Å². The van der Waals surface area contributed by atoms with Crippen LogP contribution in [0.5, 0.6) is 0 Å². The molecule has 1 aliphatic rings. The molecule has 3 nitrogen and oxygen atoms in total. The standard InChI is InChI=1S/C9H16FNO2/c1-8(2,3)13-7(12)11-5-9(4,10)6-11/h5-6H2,1-4H3/i4D3. The Morgan fingerprint density at radius 2 is 2.15 bits per heavy atom. The summed E-state index contributed by atoms with van der Waals surface area (Å²) in [6.07, 6.45) is -0.676. The summed E-state index contributed by atoms with van der Waals surface area (Å²) in [5.74, 6) is 0. The fourth-order valence-electron chi connectivity index (χ4n) is 1.01. The van der Waals surface area contributed by atoms with E-state index in [9.17, 15) is 9.18 Å². The van der Waals surface area contributed by atoms with Gasteiger partial charge in [-0.25, -0.2) is 9.18 Å². The van der Waals surface area contributed by atoms with Crippen molar-refractivity contribution in [3.05, 3.63) is 0 Å². The molecular formula is C9H16FNO2. The van der Waals surface area contributed by atoms with Crippen molar-refractivity contribution in [3.63, 3.8) is 0 Å². The summed E-state index contributed by atoms with van der Waals surface area (Å²) in [4.78, 5) is 12.5. The summed E-state index contributed by atoms with van der Waals surface area (Å²) in [6, 6.07) is 0. The van der Waals surface area contributed by atoms with Gasteiger partial charge in [-0.15, -0.1) is 0 Å². The van der Waals surface area contributed by atoms with E-state index in [0.29, 0.717) is 0 Å². The number of rotatable bonds is 0. The van der Waals surface area contributed by atoms with Crippen LogP contribution in [-0.4, -0.2) is 35.4 Å². The van der Waals surface area contributed by atoms with Gasteiger partial charge in [0, 0.05) is 4.11 Å². The van der Waals surface area contributed by atoms with Gasteiger partial charge < -0.3 is 9.64 Å². The lowest BCUT2D eigenvalue weighted by molar-refractivity contribution is -0.0422. The number of nitrogens with zero attached hydrogens (tertiary/aromatic N) is 1. The number of alkyl halides is 1. The van der Waals surface area contributed by atoms with Crippen molar-refractivity contribution >= 4 is 6.09 Å². The van der Waals surface area contributed by atoms with E-state index in [1.165, 1.54) is 0 Å². The second kappa shape index (κ2) is 2.86. The highest BCUT2D eigenvalue weighted by molar-refractivity contribution is 5.69. The molecule has 0 N–H and O–H groups in total. The summed E-state index contributed by atoms with van der Waals surface area (Å²) >= 11 is 0. The van der Waals surface area contributed by atoms with Gasteiger partial charge in [-0.2, -0.15) is 0 Å². The normalized spacial score (nSPS) is 25.2. The van der Waals surface area contributed by atoms with Gasteiger partial charge in [-0.1, -0.05) is 0 Å². The minimum atomic E-state index is -2.69. The van der Waals surface area contributed by atoms with Crippen LogP contribution in [0.2, 0.25) is 0 Å². The van der Waals surface area contributed by atoms with Crippen LogP contribution in [0.3, 0.4) is 0 Å². The largest absolute Gasteiger partial charge is 0.444 e. The van der Waals surface area contributed by atoms with Crippen molar-refractivity contribution in [3.8, 4) is 0 Å². The number of amides is 1. The predicted octanol–water partition coefficient (Wildman–Crippen LogP) is 1.97. The lowest BCUT2D eigenvalue weighted by atomic mass is 10.0. The maximum Gasteiger partial charge on any atom is 0.410 e. The fourth-order valence-corrected chi connectivity index (χ4v) is 1.01. The second-order valence-corrected chi connectivity index (χ2v) is 4.30.